The summed E-state index contributed by atoms with van der Waals surface area (Å²) in [7, 11) is 1.64. The monoisotopic (exact) mass is 1110 g/mol. The van der Waals surface area contributed by atoms with Gasteiger partial charge < -0.3 is 39.1 Å². The van der Waals surface area contributed by atoms with Gasteiger partial charge in [-0.1, -0.05) is 110 Å². The Morgan fingerprint density at radius 2 is 1.64 bits per heavy atom. The summed E-state index contributed by atoms with van der Waals surface area (Å²) < 4.78 is 22.3. The molecule has 0 bridgehead atoms. The first kappa shape index (κ1) is 61.3. The first-order valence-electron chi connectivity index (χ1n) is 22.7. The third-order valence-electron chi connectivity index (χ3n) is 9.80. The molecule has 392 valence electrons. The first-order valence-corrected chi connectivity index (χ1v) is 25.2. The molecular formula is C50H63Cl6N9O7. The van der Waals surface area contributed by atoms with E-state index in [9.17, 15) is 14.4 Å². The van der Waals surface area contributed by atoms with E-state index in [4.69, 9.17) is 94.7 Å². The molecule has 3 heterocycles. The standard InChI is InChI=1S/C15H14Cl2N2O3.C15H22ClNO2.C11H11Cl2NO2.C9H16ClN5/c1-5-6-21-12-8-11(9(16)7-10(12)17)19-14(20)22-13(18-19)15(2,3)4;1-5-13-8-6-7-11(2)15(13)17(14(18)9-16)12(3)10-19-4;1-7-6-16-9-5-3-2-4-8(9)14(7)11(15)10(12)13;1-5-11-7-12-6(10)13-8(14-7)15-9(2,3)4/h1,7-8H,6H2,2-4H3;6-8,12H,5,9-10H2,1-4H3;2-5,7,10H,6H2,1H3;5H2,1-4H3,(H2,11,12,13,14,15). The largest absolute Gasteiger partial charge is 0.489 e. The van der Waals surface area contributed by atoms with Crippen molar-refractivity contribution >= 4 is 105 Å². The van der Waals surface area contributed by atoms with Crippen LogP contribution in [0.25, 0.3) is 5.69 Å². The molecule has 6 rings (SSSR count). The van der Waals surface area contributed by atoms with Gasteiger partial charge in [-0.3, -0.25) is 9.59 Å². The van der Waals surface area contributed by atoms with Crippen molar-refractivity contribution in [3.63, 3.8) is 0 Å². The van der Waals surface area contributed by atoms with Crippen molar-refractivity contribution in [1.29, 1.82) is 0 Å². The lowest BCUT2D eigenvalue weighted by molar-refractivity contribution is -0.118. The highest BCUT2D eigenvalue weighted by atomic mass is 35.5. The average molecular weight is 1110 g/mol. The van der Waals surface area contributed by atoms with Gasteiger partial charge >= 0.3 is 5.76 Å². The number of methoxy groups -OCH3 is 1. The Balaban J connectivity index is 0.000000256. The number of nitrogens with zero attached hydrogens (tertiary/aromatic N) is 7. The molecule has 2 unspecified atom stereocenters. The third-order valence-corrected chi connectivity index (χ3v) is 11.2. The summed E-state index contributed by atoms with van der Waals surface area (Å²) in [6.45, 7) is 23.4. The summed E-state index contributed by atoms with van der Waals surface area (Å²) in [5.74, 6) is 3.54. The fraction of sp³-hybridized carbons (Fsp3) is 0.460. The number of aryl methyl sites for hydroxylation is 2. The van der Waals surface area contributed by atoms with E-state index in [-0.39, 0.29) is 57.3 Å². The molecule has 1 aliphatic rings. The number of rotatable bonds is 13. The molecule has 5 aromatic rings. The zero-order valence-corrected chi connectivity index (χ0v) is 47.0. The number of alkyl halides is 3. The summed E-state index contributed by atoms with van der Waals surface area (Å²) in [4.78, 5) is 50.5. The van der Waals surface area contributed by atoms with Crippen LogP contribution >= 0.6 is 69.6 Å². The Morgan fingerprint density at radius 1 is 0.972 bits per heavy atom. The van der Waals surface area contributed by atoms with Gasteiger partial charge in [-0.05, 0) is 95.8 Å². The fourth-order valence-corrected chi connectivity index (χ4v) is 7.70. The van der Waals surface area contributed by atoms with Crippen LogP contribution in [0.3, 0.4) is 0 Å². The van der Waals surface area contributed by atoms with Crippen molar-refractivity contribution in [3.05, 3.63) is 97.5 Å². The van der Waals surface area contributed by atoms with E-state index in [0.29, 0.717) is 48.2 Å². The Labute approximate surface area is 452 Å². The Kier molecular flexibility index (Phi) is 24.2. The highest BCUT2D eigenvalue weighted by molar-refractivity contribution is 6.54. The van der Waals surface area contributed by atoms with Crippen LogP contribution in [0, 0.1) is 19.3 Å². The number of halogens is 6. The predicted octanol–water partition coefficient (Wildman–Crippen LogP) is 11.4. The van der Waals surface area contributed by atoms with E-state index in [1.165, 1.54) is 12.1 Å². The van der Waals surface area contributed by atoms with Crippen molar-refractivity contribution in [2.24, 2.45) is 0 Å². The van der Waals surface area contributed by atoms with E-state index in [0.717, 1.165) is 40.1 Å². The van der Waals surface area contributed by atoms with Crippen LogP contribution < -0.4 is 35.7 Å². The number of anilines is 4. The second kappa shape index (κ2) is 28.5. The molecule has 16 nitrogen and oxygen atoms in total. The molecule has 0 radical (unpaired) electrons. The predicted molar refractivity (Wildman–Crippen MR) is 292 cm³/mol. The molecule has 2 atom stereocenters. The van der Waals surface area contributed by atoms with E-state index >= 15 is 0 Å². The number of aromatic nitrogens is 5. The van der Waals surface area contributed by atoms with Crippen LogP contribution in [0.2, 0.25) is 15.3 Å². The Hall–Kier alpha value is -4.99. The van der Waals surface area contributed by atoms with Gasteiger partial charge in [0, 0.05) is 30.7 Å². The summed E-state index contributed by atoms with van der Waals surface area (Å²) in [6, 6.07) is 16.3. The second-order valence-corrected chi connectivity index (χ2v) is 20.5. The van der Waals surface area contributed by atoms with E-state index < -0.39 is 16.0 Å². The number of carbonyl (C=O) groups is 2. The van der Waals surface area contributed by atoms with Gasteiger partial charge in [0.2, 0.25) is 29.0 Å². The number of para-hydroxylation sites is 3. The summed E-state index contributed by atoms with van der Waals surface area (Å²) in [6.07, 6.45) is 6.03. The smallest absolute Gasteiger partial charge is 0.442 e. The fourth-order valence-electron chi connectivity index (χ4n) is 6.69. The Morgan fingerprint density at radius 3 is 2.21 bits per heavy atom. The molecule has 3 aromatic carbocycles. The van der Waals surface area contributed by atoms with Crippen molar-refractivity contribution in [3.8, 4) is 29.5 Å². The summed E-state index contributed by atoms with van der Waals surface area (Å²) >= 11 is 35.0. The topological polar surface area (TPSA) is 179 Å². The molecule has 2 N–H and O–H groups in total. The molecule has 0 spiro atoms. The van der Waals surface area contributed by atoms with Crippen molar-refractivity contribution in [1.82, 2.24) is 24.7 Å². The van der Waals surface area contributed by atoms with E-state index in [1.807, 2.05) is 106 Å². The Bertz CT molecular complexity index is 2680. The quantitative estimate of drug-likeness (QED) is 0.0841. The molecule has 2 aromatic heterocycles. The van der Waals surface area contributed by atoms with Crippen LogP contribution in [-0.2, 0) is 26.2 Å². The molecule has 22 heteroatoms. The molecule has 72 heavy (non-hydrogen) atoms. The van der Waals surface area contributed by atoms with Crippen molar-refractivity contribution in [2.45, 2.75) is 110 Å². The number of terminal acetylenes is 1. The van der Waals surface area contributed by atoms with Crippen LogP contribution in [0.1, 0.15) is 86.3 Å². The lowest BCUT2D eigenvalue weighted by Gasteiger charge is -2.35. The maximum Gasteiger partial charge on any atom is 0.442 e. The normalized spacial score (nSPS) is 13.3. The molecule has 0 saturated carbocycles. The minimum atomic E-state index is -1.05. The summed E-state index contributed by atoms with van der Waals surface area (Å²) in [5.41, 5.74) is 3.72. The van der Waals surface area contributed by atoms with Gasteiger partial charge in [0.1, 0.15) is 30.6 Å². The highest BCUT2D eigenvalue weighted by Crippen LogP contribution is 2.35. The maximum absolute atomic E-state index is 12.2. The van der Waals surface area contributed by atoms with Gasteiger partial charge in [0.05, 0.1) is 45.8 Å². The van der Waals surface area contributed by atoms with Gasteiger partial charge in [0.15, 0.2) is 4.84 Å². The zero-order chi connectivity index (χ0) is 54.1. The molecular weight excluding hydrogens is 1050 g/mol. The number of benzene rings is 3. The van der Waals surface area contributed by atoms with Gasteiger partial charge in [-0.25, -0.2) is 4.79 Å². The lowest BCUT2D eigenvalue weighted by Crippen LogP contribution is -2.47. The molecule has 0 saturated heterocycles. The number of nitrogens with one attached hydrogen (secondary N) is 2. The van der Waals surface area contributed by atoms with Crippen LogP contribution in [0.4, 0.5) is 23.3 Å². The number of ether oxygens (including phenoxy) is 3. The third kappa shape index (κ3) is 17.9. The number of hydrogen-bond donors (Lipinski definition) is 2. The average Bonchev–Trinajstić information content (AvgIpc) is 3.71. The van der Waals surface area contributed by atoms with Crippen LogP contribution in [-0.4, -0.2) is 98.4 Å². The van der Waals surface area contributed by atoms with E-state index in [2.05, 4.69) is 49.6 Å². The first-order chi connectivity index (χ1) is 33.8. The highest BCUT2D eigenvalue weighted by Gasteiger charge is 2.32. The SMILES string of the molecule is C#CCOc1cc(-n2nc(C(C)(C)C)oc2=O)c(Cl)cc1Cl.CC1COc2ccccc2N1C(=O)C(Cl)Cl.CCNc1nc(Cl)nc(NC(C)(C)C)n1.CCc1cccc(C)c1N(C(=O)CCl)C(C)COC. The molecule has 0 fully saturated rings. The second-order valence-electron chi connectivity index (χ2n) is 18.0. The van der Waals surface area contributed by atoms with Gasteiger partial charge in [0.25, 0.3) is 5.91 Å². The van der Waals surface area contributed by atoms with Gasteiger partial charge in [-0.15, -0.1) is 23.1 Å². The van der Waals surface area contributed by atoms with Gasteiger partial charge in [-0.2, -0.15) is 19.6 Å². The van der Waals surface area contributed by atoms with Crippen LogP contribution in [0.5, 0.6) is 11.5 Å². The maximum atomic E-state index is 12.2. The summed E-state index contributed by atoms with van der Waals surface area (Å²) in [5, 5.41) is 11.0. The minimum Gasteiger partial charge on any atom is -0.489 e. The van der Waals surface area contributed by atoms with Crippen LogP contribution in [0.15, 0.2) is 63.8 Å². The lowest BCUT2D eigenvalue weighted by atomic mass is 9.97. The number of fused-ring (bicyclic) bond motifs is 1. The minimum absolute atomic E-state index is 0.0223. The molecule has 0 aliphatic carbocycles. The molecule has 1 aliphatic heterocycles. The number of hydrogen-bond acceptors (Lipinski definition) is 13. The van der Waals surface area contributed by atoms with Crippen molar-refractivity contribution in [2.75, 3.05) is 59.8 Å². The number of carbonyl (C=O) groups excluding carboxylic acids is 2. The molecule has 2 amide bonds. The zero-order valence-electron chi connectivity index (χ0n) is 42.5. The van der Waals surface area contributed by atoms with E-state index in [1.54, 1.807) is 16.9 Å². The number of amides is 2. The van der Waals surface area contributed by atoms with Crippen molar-refractivity contribution < 1.29 is 28.2 Å².